The van der Waals surface area contributed by atoms with Crippen molar-refractivity contribution in [2.45, 2.75) is 17.0 Å². The minimum atomic E-state index is -0.0785. The van der Waals surface area contributed by atoms with E-state index in [0.29, 0.717) is 17.0 Å². The van der Waals surface area contributed by atoms with E-state index >= 15 is 0 Å². The van der Waals surface area contributed by atoms with Crippen molar-refractivity contribution >= 4 is 56.0 Å². The van der Waals surface area contributed by atoms with Crippen LogP contribution in [-0.2, 0) is 5.75 Å². The van der Waals surface area contributed by atoms with Crippen LogP contribution in [0, 0.1) is 6.92 Å². The molecule has 9 heteroatoms. The quantitative estimate of drug-likeness (QED) is 0.540. The molecule has 4 rings (SSSR count). The lowest BCUT2D eigenvalue weighted by atomic mass is 10.2. The third-order valence-electron chi connectivity index (χ3n) is 3.17. The largest absolute Gasteiger partial charge is 0.309 e. The normalized spacial score (nSPS) is 11.3. The fraction of sp³-hybridized carbons (Fsp3) is 0.143. The zero-order chi connectivity index (χ0) is 15.8. The summed E-state index contributed by atoms with van der Waals surface area (Å²) in [4.78, 5) is 23.1. The molecule has 0 saturated heterocycles. The van der Waals surface area contributed by atoms with E-state index in [9.17, 15) is 4.79 Å². The van der Waals surface area contributed by atoms with Gasteiger partial charge < -0.3 is 4.98 Å². The van der Waals surface area contributed by atoms with Crippen LogP contribution >= 0.6 is 45.8 Å². The van der Waals surface area contributed by atoms with Crippen LogP contribution < -0.4 is 5.56 Å². The highest BCUT2D eigenvalue weighted by Gasteiger charge is 2.14. The first-order valence-electron chi connectivity index (χ1n) is 6.67. The summed E-state index contributed by atoms with van der Waals surface area (Å²) in [6.45, 7) is 2.06. The van der Waals surface area contributed by atoms with E-state index in [1.807, 2.05) is 5.38 Å². The second-order valence-corrected chi connectivity index (χ2v) is 8.95. The van der Waals surface area contributed by atoms with E-state index < -0.39 is 0 Å². The maximum absolute atomic E-state index is 12.5. The lowest BCUT2D eigenvalue weighted by molar-refractivity contribution is 1.00. The molecular formula is C14H10N4OS4. The van der Waals surface area contributed by atoms with Crippen LogP contribution in [0.4, 0.5) is 0 Å². The van der Waals surface area contributed by atoms with Gasteiger partial charge in [0.25, 0.3) is 5.56 Å². The van der Waals surface area contributed by atoms with Crippen molar-refractivity contribution in [3.63, 3.8) is 0 Å². The number of aryl methyl sites for hydroxylation is 1. The predicted molar refractivity (Wildman–Crippen MR) is 97.8 cm³/mol. The van der Waals surface area contributed by atoms with Crippen molar-refractivity contribution in [2.75, 3.05) is 0 Å². The monoisotopic (exact) mass is 378 g/mol. The Morgan fingerprint density at radius 2 is 2.22 bits per heavy atom. The summed E-state index contributed by atoms with van der Waals surface area (Å²) in [7, 11) is 0. The molecule has 0 aliphatic rings. The van der Waals surface area contributed by atoms with Gasteiger partial charge in [-0.1, -0.05) is 23.1 Å². The molecule has 23 heavy (non-hydrogen) atoms. The summed E-state index contributed by atoms with van der Waals surface area (Å²) in [5.41, 5.74) is 2.58. The molecule has 4 aromatic heterocycles. The number of thiophene rings is 2. The van der Waals surface area contributed by atoms with Gasteiger partial charge in [-0.2, -0.15) is 0 Å². The van der Waals surface area contributed by atoms with Gasteiger partial charge in [-0.05, 0) is 19.1 Å². The maximum atomic E-state index is 12.5. The van der Waals surface area contributed by atoms with Crippen LogP contribution in [0.2, 0.25) is 0 Å². The number of thioether (sulfide) groups is 1. The van der Waals surface area contributed by atoms with Gasteiger partial charge in [0.05, 0.1) is 11.1 Å². The highest BCUT2D eigenvalue weighted by molar-refractivity contribution is 8.00. The van der Waals surface area contributed by atoms with E-state index in [1.165, 1.54) is 39.3 Å². The van der Waals surface area contributed by atoms with Gasteiger partial charge >= 0.3 is 0 Å². The SMILES string of the molecule is Cc1ccc(-c2csc3nc(CSc4nncs4)[nH]c(=O)c23)s1. The van der Waals surface area contributed by atoms with Crippen molar-refractivity contribution < 1.29 is 0 Å². The Morgan fingerprint density at radius 1 is 1.30 bits per heavy atom. The fourth-order valence-electron chi connectivity index (χ4n) is 2.18. The zero-order valence-electron chi connectivity index (χ0n) is 11.9. The van der Waals surface area contributed by atoms with Crippen LogP contribution in [0.1, 0.15) is 10.7 Å². The number of hydrogen-bond acceptors (Lipinski definition) is 8. The van der Waals surface area contributed by atoms with Gasteiger partial charge in [0, 0.05) is 20.7 Å². The molecule has 0 unspecified atom stereocenters. The minimum absolute atomic E-state index is 0.0785. The molecule has 4 aromatic rings. The number of H-pyrrole nitrogens is 1. The van der Waals surface area contributed by atoms with Gasteiger partial charge in [0.1, 0.15) is 16.2 Å². The summed E-state index contributed by atoms with van der Waals surface area (Å²) < 4.78 is 0.869. The fourth-order valence-corrected chi connectivity index (χ4v) is 5.46. The van der Waals surface area contributed by atoms with E-state index in [-0.39, 0.29) is 5.56 Å². The minimum Gasteiger partial charge on any atom is -0.309 e. The molecule has 0 radical (unpaired) electrons. The van der Waals surface area contributed by atoms with Gasteiger partial charge in [0.2, 0.25) is 0 Å². The van der Waals surface area contributed by atoms with Crippen molar-refractivity contribution in [1.29, 1.82) is 0 Å². The molecule has 0 spiro atoms. The van der Waals surface area contributed by atoms with Crippen LogP contribution in [0.5, 0.6) is 0 Å². The topological polar surface area (TPSA) is 71.5 Å². The summed E-state index contributed by atoms with van der Waals surface area (Å²) in [6.07, 6.45) is 0. The average molecular weight is 379 g/mol. The highest BCUT2D eigenvalue weighted by Crippen LogP contribution is 2.35. The molecule has 0 aliphatic heterocycles. The Kier molecular flexibility index (Phi) is 4.02. The molecule has 0 fully saturated rings. The Hall–Kier alpha value is -1.55. The van der Waals surface area contributed by atoms with Crippen molar-refractivity contribution in [3.8, 4) is 10.4 Å². The molecule has 0 amide bonds. The van der Waals surface area contributed by atoms with Crippen LogP contribution in [0.3, 0.4) is 0 Å². The second-order valence-electron chi connectivity index (χ2n) is 4.75. The van der Waals surface area contributed by atoms with Crippen molar-refractivity contribution in [2.24, 2.45) is 0 Å². The molecule has 0 aliphatic carbocycles. The summed E-state index contributed by atoms with van der Waals surface area (Å²) in [6, 6.07) is 4.12. The Balaban J connectivity index is 1.70. The van der Waals surface area contributed by atoms with Gasteiger partial charge in [-0.15, -0.1) is 32.9 Å². The van der Waals surface area contributed by atoms with E-state index in [4.69, 9.17) is 0 Å². The van der Waals surface area contributed by atoms with Crippen LogP contribution in [-0.4, -0.2) is 20.2 Å². The molecule has 0 saturated carbocycles. The van der Waals surface area contributed by atoms with Crippen molar-refractivity contribution in [3.05, 3.63) is 44.1 Å². The Morgan fingerprint density at radius 3 is 2.96 bits per heavy atom. The number of rotatable bonds is 4. The number of hydrogen-bond donors (Lipinski definition) is 1. The average Bonchev–Trinajstić information content (AvgIpc) is 3.24. The molecule has 0 aromatic carbocycles. The van der Waals surface area contributed by atoms with Crippen molar-refractivity contribution in [1.82, 2.24) is 20.2 Å². The number of fused-ring (bicyclic) bond motifs is 1. The first-order valence-corrected chi connectivity index (χ1v) is 10.2. The number of nitrogens with zero attached hydrogens (tertiary/aromatic N) is 3. The molecule has 0 atom stereocenters. The smallest absolute Gasteiger partial charge is 0.260 e. The van der Waals surface area contributed by atoms with Gasteiger partial charge in [0.15, 0.2) is 4.34 Å². The predicted octanol–water partition coefficient (Wildman–Crippen LogP) is 4.17. The Labute approximate surface area is 147 Å². The zero-order valence-corrected chi connectivity index (χ0v) is 15.2. The van der Waals surface area contributed by atoms with Gasteiger partial charge in [-0.3, -0.25) is 4.79 Å². The van der Waals surface area contributed by atoms with E-state index in [1.54, 1.807) is 16.8 Å². The number of aromatic nitrogens is 4. The van der Waals surface area contributed by atoms with Crippen LogP contribution in [0.25, 0.3) is 20.7 Å². The van der Waals surface area contributed by atoms with E-state index in [2.05, 4.69) is 39.2 Å². The maximum Gasteiger partial charge on any atom is 0.260 e. The summed E-state index contributed by atoms with van der Waals surface area (Å²) >= 11 is 6.20. The van der Waals surface area contributed by atoms with E-state index in [0.717, 1.165) is 19.6 Å². The highest BCUT2D eigenvalue weighted by atomic mass is 32.2. The number of aromatic amines is 1. The third-order valence-corrected chi connectivity index (χ3v) is 6.95. The summed E-state index contributed by atoms with van der Waals surface area (Å²) in [5, 5.41) is 10.5. The molecule has 4 heterocycles. The lowest BCUT2D eigenvalue weighted by Gasteiger charge is -2.00. The lowest BCUT2D eigenvalue weighted by Crippen LogP contribution is -2.10. The molecule has 116 valence electrons. The molecule has 5 nitrogen and oxygen atoms in total. The second kappa shape index (κ2) is 6.16. The Bertz CT molecular complexity index is 1020. The molecular weight excluding hydrogens is 368 g/mol. The van der Waals surface area contributed by atoms with Crippen LogP contribution in [0.15, 0.2) is 32.2 Å². The van der Waals surface area contributed by atoms with Gasteiger partial charge in [-0.25, -0.2) is 4.98 Å². The third kappa shape index (κ3) is 2.97. The molecule has 1 N–H and O–H groups in total. The first kappa shape index (κ1) is 15.0. The summed E-state index contributed by atoms with van der Waals surface area (Å²) in [5.74, 6) is 1.24. The standard InChI is InChI=1S/C14H10N4OS4/c1-7-2-3-9(23-7)8-4-20-13-11(8)12(19)16-10(17-13)5-21-14-18-15-6-22-14/h2-4,6H,5H2,1H3,(H,16,17,19). The number of nitrogens with one attached hydrogen (secondary N) is 1. The first-order chi connectivity index (χ1) is 11.2. The molecule has 0 bridgehead atoms.